The van der Waals surface area contributed by atoms with Gasteiger partial charge in [-0.15, -0.1) is 5.73 Å². The highest BCUT2D eigenvalue weighted by atomic mass is 14.5. The van der Waals surface area contributed by atoms with E-state index in [0.717, 1.165) is 0 Å². The summed E-state index contributed by atoms with van der Waals surface area (Å²) in [6, 6.07) is 28.5. The molecule has 5 rings (SSSR count). The molecule has 0 aromatic heterocycles. The normalized spacial score (nSPS) is 15.0. The molecule has 0 spiro atoms. The molecular formula is C28H24. The van der Waals surface area contributed by atoms with Crippen LogP contribution in [0.3, 0.4) is 0 Å². The maximum absolute atomic E-state index is 3.20. The molecule has 0 heteroatoms. The summed E-state index contributed by atoms with van der Waals surface area (Å²) >= 11 is 0. The summed E-state index contributed by atoms with van der Waals surface area (Å²) in [4.78, 5) is 0. The molecule has 0 saturated heterocycles. The quantitative estimate of drug-likeness (QED) is 0.423. The zero-order chi connectivity index (χ0) is 19.4. The maximum atomic E-state index is 3.20. The van der Waals surface area contributed by atoms with Crippen molar-refractivity contribution < 1.29 is 0 Å². The fourth-order valence-corrected chi connectivity index (χ4v) is 4.42. The van der Waals surface area contributed by atoms with Crippen molar-refractivity contribution in [2.24, 2.45) is 0 Å². The van der Waals surface area contributed by atoms with E-state index in [1.54, 1.807) is 0 Å². The average molecular weight is 361 g/mol. The van der Waals surface area contributed by atoms with E-state index in [4.69, 9.17) is 0 Å². The van der Waals surface area contributed by atoms with Gasteiger partial charge in [0, 0.05) is 0 Å². The fourth-order valence-electron chi connectivity index (χ4n) is 4.42. The summed E-state index contributed by atoms with van der Waals surface area (Å²) in [5, 5.41) is 0. The first-order chi connectivity index (χ1) is 13.9. The smallest absolute Gasteiger partial charge is 0.0713 e. The van der Waals surface area contributed by atoms with Crippen LogP contribution in [0.2, 0.25) is 0 Å². The Balaban J connectivity index is 0.000000932. The van der Waals surface area contributed by atoms with Crippen molar-refractivity contribution in [2.45, 2.75) is 19.3 Å². The lowest BCUT2D eigenvalue weighted by atomic mass is 9.67. The Labute approximate surface area is 167 Å². The Kier molecular flexibility index (Phi) is 4.98. The van der Waals surface area contributed by atoms with Crippen LogP contribution in [0.5, 0.6) is 0 Å². The Bertz CT molecular complexity index is 1060. The van der Waals surface area contributed by atoms with Gasteiger partial charge in [-0.3, -0.25) is 0 Å². The highest BCUT2D eigenvalue weighted by molar-refractivity contribution is 5.86. The minimum absolute atomic E-state index is 0.304. The second-order valence-electron chi connectivity index (χ2n) is 6.69. The van der Waals surface area contributed by atoms with Crippen molar-refractivity contribution in [1.29, 1.82) is 0 Å². The van der Waals surface area contributed by atoms with E-state index in [9.17, 15) is 0 Å². The fraction of sp³-hybridized carbons (Fsp3) is 0.107. The zero-order valence-corrected chi connectivity index (χ0v) is 16.4. The maximum Gasteiger partial charge on any atom is 0.0713 e. The Hall–Kier alpha value is -3.34. The highest BCUT2D eigenvalue weighted by Crippen LogP contribution is 2.56. The second kappa shape index (κ2) is 7.72. The van der Waals surface area contributed by atoms with Crippen LogP contribution in [0.4, 0.5) is 0 Å². The van der Waals surface area contributed by atoms with Gasteiger partial charge in [0.1, 0.15) is 0 Å². The van der Waals surface area contributed by atoms with Gasteiger partial charge in [0.05, 0.1) is 5.41 Å². The minimum Gasteiger partial charge on any atom is -0.121 e. The van der Waals surface area contributed by atoms with Crippen LogP contribution >= 0.6 is 0 Å². The number of hydrogen-bond donors (Lipinski definition) is 0. The highest BCUT2D eigenvalue weighted by Gasteiger charge is 2.46. The number of rotatable bonds is 2. The summed E-state index contributed by atoms with van der Waals surface area (Å²) in [5.74, 6) is 0. The van der Waals surface area contributed by atoms with Gasteiger partial charge >= 0.3 is 0 Å². The lowest BCUT2D eigenvalue weighted by Crippen LogP contribution is -2.28. The third kappa shape index (κ3) is 2.62. The second-order valence-corrected chi connectivity index (χ2v) is 6.69. The van der Waals surface area contributed by atoms with Crippen molar-refractivity contribution in [2.75, 3.05) is 0 Å². The van der Waals surface area contributed by atoms with Gasteiger partial charge in [-0.1, -0.05) is 105 Å². The van der Waals surface area contributed by atoms with Crippen LogP contribution in [0.1, 0.15) is 30.5 Å². The van der Waals surface area contributed by atoms with Crippen molar-refractivity contribution in [1.82, 2.24) is 0 Å². The van der Waals surface area contributed by atoms with Gasteiger partial charge in [0.15, 0.2) is 0 Å². The standard InChI is InChI=1S/C26H18.C2H6/c1-2-5-13-20(12-4-1)26(21-14-6-3-7-15-21)24-18-10-8-16-22(24)23-17-9-11-19-25(23)26;1-2/h1,3-19H;1-2H3. The molecule has 0 aliphatic heterocycles. The Morgan fingerprint density at radius 2 is 1.21 bits per heavy atom. The van der Waals surface area contributed by atoms with Crippen LogP contribution < -0.4 is 0 Å². The Morgan fingerprint density at radius 1 is 0.643 bits per heavy atom. The molecule has 3 aromatic rings. The molecule has 0 unspecified atom stereocenters. The number of benzene rings is 3. The van der Waals surface area contributed by atoms with Gasteiger partial charge in [0.2, 0.25) is 0 Å². The first-order valence-electron chi connectivity index (χ1n) is 9.97. The topological polar surface area (TPSA) is 0 Å². The molecule has 0 atom stereocenters. The van der Waals surface area contributed by atoms with E-state index in [1.807, 2.05) is 26.0 Å². The van der Waals surface area contributed by atoms with Gasteiger partial charge in [0.25, 0.3) is 0 Å². The lowest BCUT2D eigenvalue weighted by molar-refractivity contribution is 0.767. The summed E-state index contributed by atoms with van der Waals surface area (Å²) in [5.41, 5.74) is 10.8. The van der Waals surface area contributed by atoms with Crippen LogP contribution in [-0.2, 0) is 5.41 Å². The molecular weight excluding hydrogens is 336 g/mol. The van der Waals surface area contributed by atoms with E-state index >= 15 is 0 Å². The molecule has 0 heterocycles. The van der Waals surface area contributed by atoms with Crippen molar-refractivity contribution in [3.63, 3.8) is 0 Å². The molecule has 0 amide bonds. The molecule has 136 valence electrons. The third-order valence-corrected chi connectivity index (χ3v) is 5.42. The summed E-state index contributed by atoms with van der Waals surface area (Å²) in [6.07, 6.45) is 10.5. The van der Waals surface area contributed by atoms with E-state index in [-0.39, 0.29) is 5.41 Å². The minimum atomic E-state index is -0.304. The monoisotopic (exact) mass is 360 g/mol. The third-order valence-electron chi connectivity index (χ3n) is 5.42. The molecule has 0 nitrogen and oxygen atoms in total. The largest absolute Gasteiger partial charge is 0.121 e. The molecule has 0 fully saturated rings. The van der Waals surface area contributed by atoms with Crippen molar-refractivity contribution >= 4 is 0 Å². The number of allylic oxidation sites excluding steroid dienone is 5. The van der Waals surface area contributed by atoms with Crippen LogP contribution in [0.15, 0.2) is 121 Å². The molecule has 2 aliphatic rings. The van der Waals surface area contributed by atoms with E-state index in [2.05, 4.69) is 103 Å². The molecule has 3 aromatic carbocycles. The van der Waals surface area contributed by atoms with E-state index in [0.29, 0.717) is 0 Å². The van der Waals surface area contributed by atoms with Gasteiger partial charge < -0.3 is 0 Å². The summed E-state index contributed by atoms with van der Waals surface area (Å²) < 4.78 is 0. The molecule has 2 aliphatic carbocycles. The number of fused-ring (bicyclic) bond motifs is 3. The van der Waals surface area contributed by atoms with Gasteiger partial charge in [-0.2, -0.15) is 0 Å². The molecule has 0 saturated carbocycles. The van der Waals surface area contributed by atoms with Crippen LogP contribution in [-0.4, -0.2) is 0 Å². The van der Waals surface area contributed by atoms with E-state index < -0.39 is 0 Å². The summed E-state index contributed by atoms with van der Waals surface area (Å²) in [7, 11) is 0. The van der Waals surface area contributed by atoms with Gasteiger partial charge in [-0.25, -0.2) is 0 Å². The average Bonchev–Trinajstić information content (AvgIpc) is 2.91. The molecule has 0 N–H and O–H groups in total. The van der Waals surface area contributed by atoms with Gasteiger partial charge in [-0.05, 0) is 51.6 Å². The predicted molar refractivity (Wildman–Crippen MR) is 119 cm³/mol. The first-order valence-corrected chi connectivity index (χ1v) is 9.97. The zero-order valence-electron chi connectivity index (χ0n) is 16.4. The summed E-state index contributed by atoms with van der Waals surface area (Å²) in [6.45, 7) is 4.00. The predicted octanol–water partition coefficient (Wildman–Crippen LogP) is 7.24. The van der Waals surface area contributed by atoms with Crippen LogP contribution in [0, 0.1) is 0 Å². The van der Waals surface area contributed by atoms with Crippen LogP contribution in [0.25, 0.3) is 11.1 Å². The molecule has 28 heavy (non-hydrogen) atoms. The first kappa shape index (κ1) is 18.0. The lowest BCUT2D eigenvalue weighted by Gasteiger charge is -2.34. The molecule has 0 radical (unpaired) electrons. The molecule has 0 bridgehead atoms. The van der Waals surface area contributed by atoms with E-state index in [1.165, 1.54) is 33.4 Å². The number of hydrogen-bond acceptors (Lipinski definition) is 0. The SMILES string of the molecule is C1=CC=CC(C2(c3ccccc3)c3ccccc3-c3ccccc32)=CC=1.CC. The van der Waals surface area contributed by atoms with Crippen molar-refractivity contribution in [3.8, 4) is 11.1 Å². The Morgan fingerprint density at radius 3 is 1.86 bits per heavy atom. The van der Waals surface area contributed by atoms with Crippen molar-refractivity contribution in [3.05, 3.63) is 137 Å².